The van der Waals surface area contributed by atoms with Crippen molar-refractivity contribution in [2.75, 3.05) is 39.4 Å². The lowest BCUT2D eigenvalue weighted by atomic mass is 10.1. The highest BCUT2D eigenvalue weighted by atomic mass is 16.5. The van der Waals surface area contributed by atoms with Gasteiger partial charge >= 0.3 is 24.0 Å². The topological polar surface area (TPSA) is 135 Å². The fraction of sp³-hybridized carbons (Fsp3) is 0.667. The third-order valence-electron chi connectivity index (χ3n) is 4.61. The second-order valence-electron chi connectivity index (χ2n) is 8.03. The zero-order valence-corrected chi connectivity index (χ0v) is 20.8. The van der Waals surface area contributed by atoms with Crippen molar-refractivity contribution in [3.05, 3.63) is 24.3 Å². The molecule has 4 N–H and O–H groups in total. The van der Waals surface area contributed by atoms with Crippen molar-refractivity contribution in [3.8, 4) is 0 Å². The number of amides is 4. The Balaban J connectivity index is 3.36. The van der Waals surface area contributed by atoms with Crippen molar-refractivity contribution in [2.45, 2.75) is 65.2 Å². The molecule has 10 nitrogen and oxygen atoms in total. The van der Waals surface area contributed by atoms with Crippen LogP contribution in [0.25, 0.3) is 0 Å². The van der Waals surface area contributed by atoms with Gasteiger partial charge in [-0.2, -0.15) is 0 Å². The minimum absolute atomic E-state index is 0.122. The Morgan fingerprint density at radius 2 is 0.824 bits per heavy atom. The van der Waals surface area contributed by atoms with Gasteiger partial charge in [-0.3, -0.25) is 0 Å². The van der Waals surface area contributed by atoms with E-state index < -0.39 is 11.9 Å². The van der Waals surface area contributed by atoms with Crippen LogP contribution in [0.2, 0.25) is 0 Å². The number of carbonyl (C=O) groups is 4. The van der Waals surface area contributed by atoms with Crippen LogP contribution in [0.15, 0.2) is 24.3 Å². The summed E-state index contributed by atoms with van der Waals surface area (Å²) in [6.45, 7) is 12.1. The van der Waals surface area contributed by atoms with Crippen LogP contribution >= 0.6 is 0 Å². The van der Waals surface area contributed by atoms with E-state index in [-0.39, 0.29) is 38.4 Å². The molecule has 10 heteroatoms. The number of nitrogens with one attached hydrogen (secondary N) is 4. The molecule has 0 saturated carbocycles. The van der Waals surface area contributed by atoms with E-state index >= 15 is 0 Å². The second-order valence-corrected chi connectivity index (χ2v) is 8.03. The maximum Gasteiger partial charge on any atom is 0.333 e. The third kappa shape index (κ3) is 19.6. The molecule has 0 bridgehead atoms. The van der Waals surface area contributed by atoms with Crippen LogP contribution in [0.1, 0.15) is 65.2 Å². The molecule has 0 aromatic carbocycles. The highest BCUT2D eigenvalue weighted by Gasteiger charge is 2.05. The SMILES string of the molecule is C=C(C)C(=O)OCCNC(=O)NCCCCCCCCCCNC(=O)NCCOC(=O)C(=C)C. The van der Waals surface area contributed by atoms with Gasteiger partial charge in [-0.05, 0) is 26.7 Å². The summed E-state index contributed by atoms with van der Waals surface area (Å²) in [5.41, 5.74) is 0.666. The molecule has 0 heterocycles. The summed E-state index contributed by atoms with van der Waals surface area (Å²) < 4.78 is 9.78. The Morgan fingerprint density at radius 1 is 0.529 bits per heavy atom. The van der Waals surface area contributed by atoms with Gasteiger partial charge in [0.1, 0.15) is 13.2 Å². The van der Waals surface area contributed by atoms with Gasteiger partial charge in [0.15, 0.2) is 0 Å². The Labute approximate surface area is 203 Å². The first kappa shape index (κ1) is 31.0. The largest absolute Gasteiger partial charge is 0.460 e. The Bertz CT molecular complexity index is 610. The monoisotopic (exact) mass is 482 g/mol. The van der Waals surface area contributed by atoms with E-state index in [1.54, 1.807) is 13.8 Å². The van der Waals surface area contributed by atoms with Crippen molar-refractivity contribution >= 4 is 24.0 Å². The van der Waals surface area contributed by atoms with Crippen LogP contribution in [0.5, 0.6) is 0 Å². The van der Waals surface area contributed by atoms with Gasteiger partial charge in [0.2, 0.25) is 0 Å². The molecule has 0 spiro atoms. The highest BCUT2D eigenvalue weighted by molar-refractivity contribution is 5.87. The average molecular weight is 483 g/mol. The molecule has 0 radical (unpaired) electrons. The van der Waals surface area contributed by atoms with Crippen LogP contribution in [0.3, 0.4) is 0 Å². The Hall–Kier alpha value is -3.04. The quantitative estimate of drug-likeness (QED) is 0.127. The molecule has 0 aliphatic heterocycles. The normalized spacial score (nSPS) is 10.1. The third-order valence-corrected chi connectivity index (χ3v) is 4.61. The Kier molecular flexibility index (Phi) is 18.7. The number of esters is 2. The van der Waals surface area contributed by atoms with Gasteiger partial charge in [-0.25, -0.2) is 19.2 Å². The number of hydrogen-bond donors (Lipinski definition) is 4. The van der Waals surface area contributed by atoms with Crippen molar-refractivity contribution in [1.29, 1.82) is 0 Å². The summed E-state index contributed by atoms with van der Waals surface area (Å²) in [7, 11) is 0. The summed E-state index contributed by atoms with van der Waals surface area (Å²) in [5.74, 6) is -0.919. The van der Waals surface area contributed by atoms with Crippen LogP contribution in [-0.2, 0) is 19.1 Å². The molecular formula is C24H42N4O6. The van der Waals surface area contributed by atoms with E-state index in [4.69, 9.17) is 9.47 Å². The van der Waals surface area contributed by atoms with Gasteiger partial charge in [0, 0.05) is 24.2 Å². The van der Waals surface area contributed by atoms with Crippen molar-refractivity contribution in [1.82, 2.24) is 21.3 Å². The first-order valence-electron chi connectivity index (χ1n) is 11.9. The molecule has 0 rings (SSSR count). The number of hydrogen-bond acceptors (Lipinski definition) is 6. The molecule has 194 valence electrons. The summed E-state index contributed by atoms with van der Waals surface area (Å²) in [5, 5.41) is 10.8. The van der Waals surface area contributed by atoms with Gasteiger partial charge in [-0.1, -0.05) is 51.7 Å². The number of rotatable bonds is 19. The van der Waals surface area contributed by atoms with Crippen LogP contribution in [0.4, 0.5) is 9.59 Å². The van der Waals surface area contributed by atoms with E-state index in [1.165, 1.54) is 0 Å². The fourth-order valence-electron chi connectivity index (χ4n) is 2.70. The van der Waals surface area contributed by atoms with E-state index in [0.29, 0.717) is 24.2 Å². The maximum absolute atomic E-state index is 11.6. The second kappa shape index (κ2) is 20.6. The summed E-state index contributed by atoms with van der Waals surface area (Å²) in [4.78, 5) is 45.6. The molecule has 0 saturated heterocycles. The van der Waals surface area contributed by atoms with E-state index in [1.807, 2.05) is 0 Å². The molecule has 0 unspecified atom stereocenters. The lowest BCUT2D eigenvalue weighted by molar-refractivity contribution is -0.139. The van der Waals surface area contributed by atoms with Crippen molar-refractivity contribution < 1.29 is 28.7 Å². The maximum atomic E-state index is 11.6. The number of carbonyl (C=O) groups excluding carboxylic acids is 4. The van der Waals surface area contributed by atoms with Gasteiger partial charge in [0.25, 0.3) is 0 Å². The molecule has 0 aromatic heterocycles. The van der Waals surface area contributed by atoms with Crippen molar-refractivity contribution in [2.24, 2.45) is 0 Å². The predicted molar refractivity (Wildman–Crippen MR) is 131 cm³/mol. The fourth-order valence-corrected chi connectivity index (χ4v) is 2.70. The van der Waals surface area contributed by atoms with Crippen LogP contribution < -0.4 is 21.3 Å². The van der Waals surface area contributed by atoms with E-state index in [9.17, 15) is 19.2 Å². The lowest BCUT2D eigenvalue weighted by Gasteiger charge is -2.09. The molecular weight excluding hydrogens is 440 g/mol. The molecule has 0 atom stereocenters. The first-order valence-corrected chi connectivity index (χ1v) is 11.9. The molecule has 0 aliphatic carbocycles. The zero-order chi connectivity index (χ0) is 25.6. The summed E-state index contributed by atoms with van der Waals surface area (Å²) >= 11 is 0. The predicted octanol–water partition coefficient (Wildman–Crippen LogP) is 2.94. The van der Waals surface area contributed by atoms with Gasteiger partial charge in [-0.15, -0.1) is 0 Å². The smallest absolute Gasteiger partial charge is 0.333 e. The molecule has 0 fully saturated rings. The summed E-state index contributed by atoms with van der Waals surface area (Å²) in [6, 6.07) is -0.528. The zero-order valence-electron chi connectivity index (χ0n) is 20.8. The molecule has 0 aromatic rings. The van der Waals surface area contributed by atoms with E-state index in [0.717, 1.165) is 51.4 Å². The minimum atomic E-state index is -0.459. The summed E-state index contributed by atoms with van der Waals surface area (Å²) in [6.07, 6.45) is 8.49. The van der Waals surface area contributed by atoms with Gasteiger partial charge < -0.3 is 30.7 Å². The average Bonchev–Trinajstić information content (AvgIpc) is 2.79. The van der Waals surface area contributed by atoms with Crippen molar-refractivity contribution in [3.63, 3.8) is 0 Å². The molecule has 4 amide bonds. The molecule has 0 aliphatic rings. The first-order chi connectivity index (χ1) is 16.2. The number of unbranched alkanes of at least 4 members (excludes halogenated alkanes) is 7. The Morgan fingerprint density at radius 3 is 1.15 bits per heavy atom. The van der Waals surface area contributed by atoms with Gasteiger partial charge in [0.05, 0.1) is 13.1 Å². The number of ether oxygens (including phenoxy) is 2. The highest BCUT2D eigenvalue weighted by Crippen LogP contribution is 2.08. The van der Waals surface area contributed by atoms with Crippen LogP contribution in [-0.4, -0.2) is 63.4 Å². The van der Waals surface area contributed by atoms with E-state index in [2.05, 4.69) is 34.4 Å². The lowest BCUT2D eigenvalue weighted by Crippen LogP contribution is -2.38. The number of urea groups is 2. The van der Waals surface area contributed by atoms with Crippen LogP contribution in [0, 0.1) is 0 Å². The standard InChI is InChI=1S/C24H42N4O6/c1-19(2)21(29)33-17-15-27-23(31)25-13-11-9-7-5-6-8-10-12-14-26-24(32)28-16-18-34-22(30)20(3)4/h1,3,5-18H2,2,4H3,(H2,25,27,31)(H2,26,28,32). The minimum Gasteiger partial charge on any atom is -0.460 e. The molecule has 34 heavy (non-hydrogen) atoms.